The van der Waals surface area contributed by atoms with Gasteiger partial charge in [0.1, 0.15) is 5.82 Å². The summed E-state index contributed by atoms with van der Waals surface area (Å²) in [6.45, 7) is 12.1. The van der Waals surface area contributed by atoms with E-state index in [2.05, 4.69) is 53.8 Å². The summed E-state index contributed by atoms with van der Waals surface area (Å²) in [5.41, 5.74) is 1.40. The first-order valence-electron chi connectivity index (χ1n) is 7.68. The molecule has 2 nitrogen and oxygen atoms in total. The number of benzene rings is 1. The summed E-state index contributed by atoms with van der Waals surface area (Å²) in [5.74, 6) is -0.197. The molecular formula is C17H26BrFN2. The lowest BCUT2D eigenvalue weighted by Gasteiger charge is -2.35. The number of hydrogen-bond donors (Lipinski definition) is 1. The minimum atomic E-state index is -0.197. The van der Waals surface area contributed by atoms with Crippen LogP contribution in [0.4, 0.5) is 4.39 Å². The monoisotopic (exact) mass is 356 g/mol. The first-order chi connectivity index (χ1) is 9.77. The van der Waals surface area contributed by atoms with Gasteiger partial charge in [-0.1, -0.05) is 26.8 Å². The van der Waals surface area contributed by atoms with Gasteiger partial charge in [0.15, 0.2) is 0 Å². The predicted octanol–water partition coefficient (Wildman–Crippen LogP) is 4.19. The molecule has 1 N–H and O–H groups in total. The Balaban J connectivity index is 2.13. The van der Waals surface area contributed by atoms with Crippen molar-refractivity contribution in [1.29, 1.82) is 0 Å². The van der Waals surface area contributed by atoms with Crippen LogP contribution in [0.2, 0.25) is 0 Å². The number of halogens is 2. The Bertz CT molecular complexity index is 484. The number of nitrogens with one attached hydrogen (secondary N) is 1. The van der Waals surface area contributed by atoms with E-state index in [1.54, 1.807) is 6.07 Å². The Kier molecular flexibility index (Phi) is 5.44. The van der Waals surface area contributed by atoms with Gasteiger partial charge >= 0.3 is 0 Å². The topological polar surface area (TPSA) is 15.3 Å². The van der Waals surface area contributed by atoms with E-state index in [1.165, 1.54) is 0 Å². The highest BCUT2D eigenvalue weighted by Crippen LogP contribution is 2.25. The van der Waals surface area contributed by atoms with Gasteiger partial charge in [-0.05, 0) is 58.9 Å². The van der Waals surface area contributed by atoms with Crippen molar-refractivity contribution in [1.82, 2.24) is 10.2 Å². The average molecular weight is 357 g/mol. The van der Waals surface area contributed by atoms with E-state index >= 15 is 0 Å². The molecular weight excluding hydrogens is 331 g/mol. The second kappa shape index (κ2) is 6.76. The first kappa shape index (κ1) is 16.9. The van der Waals surface area contributed by atoms with Crippen LogP contribution >= 0.6 is 15.9 Å². The Hall–Kier alpha value is -0.450. The van der Waals surface area contributed by atoms with Gasteiger partial charge in [-0.2, -0.15) is 0 Å². The molecule has 2 atom stereocenters. The fraction of sp³-hybridized carbons (Fsp3) is 0.647. The second-order valence-electron chi connectivity index (χ2n) is 7.19. The molecule has 0 radical (unpaired) electrons. The number of rotatable bonds is 2. The zero-order valence-electron chi connectivity index (χ0n) is 13.4. The van der Waals surface area contributed by atoms with Gasteiger partial charge in [0, 0.05) is 25.2 Å². The fourth-order valence-corrected chi connectivity index (χ4v) is 3.23. The zero-order valence-corrected chi connectivity index (χ0v) is 15.0. The highest BCUT2D eigenvalue weighted by Gasteiger charge is 2.30. The molecule has 1 aromatic rings. The van der Waals surface area contributed by atoms with Gasteiger partial charge < -0.3 is 5.32 Å². The van der Waals surface area contributed by atoms with Crippen LogP contribution in [-0.4, -0.2) is 30.1 Å². The van der Waals surface area contributed by atoms with Crippen molar-refractivity contribution in [2.45, 2.75) is 52.7 Å². The molecule has 0 aromatic heterocycles. The van der Waals surface area contributed by atoms with E-state index in [0.717, 1.165) is 31.6 Å². The minimum absolute atomic E-state index is 0.197. The smallest absolute Gasteiger partial charge is 0.137 e. The second-order valence-corrected chi connectivity index (χ2v) is 8.04. The standard InChI is InChI=1S/C17H26BrFN2/c1-12-7-8-20-16(17(2,3)4)11-21(12)10-13-5-6-15(19)14(18)9-13/h5-6,9,12,16,20H,7-8,10-11H2,1-4H3. The van der Waals surface area contributed by atoms with Crippen LogP contribution in [0.5, 0.6) is 0 Å². The molecule has 1 fully saturated rings. The summed E-state index contributed by atoms with van der Waals surface area (Å²) in [6, 6.07) is 6.34. The van der Waals surface area contributed by atoms with Gasteiger partial charge in [0.2, 0.25) is 0 Å². The molecule has 0 saturated carbocycles. The number of hydrogen-bond acceptors (Lipinski definition) is 2. The van der Waals surface area contributed by atoms with Crippen LogP contribution in [0.25, 0.3) is 0 Å². The summed E-state index contributed by atoms with van der Waals surface area (Å²) >= 11 is 3.28. The van der Waals surface area contributed by atoms with E-state index in [4.69, 9.17) is 0 Å². The summed E-state index contributed by atoms with van der Waals surface area (Å²) in [4.78, 5) is 2.51. The van der Waals surface area contributed by atoms with Gasteiger partial charge in [-0.15, -0.1) is 0 Å². The van der Waals surface area contributed by atoms with Gasteiger partial charge in [-0.25, -0.2) is 4.39 Å². The van der Waals surface area contributed by atoms with Crippen LogP contribution in [0.15, 0.2) is 22.7 Å². The highest BCUT2D eigenvalue weighted by molar-refractivity contribution is 9.10. The van der Waals surface area contributed by atoms with Crippen molar-refractivity contribution in [3.63, 3.8) is 0 Å². The molecule has 1 heterocycles. The molecule has 0 amide bonds. The fourth-order valence-electron chi connectivity index (χ4n) is 2.80. The van der Waals surface area contributed by atoms with E-state index in [0.29, 0.717) is 16.6 Å². The van der Waals surface area contributed by atoms with Crippen molar-refractivity contribution in [3.8, 4) is 0 Å². The Morgan fingerprint density at radius 2 is 2.10 bits per heavy atom. The van der Waals surface area contributed by atoms with Crippen LogP contribution in [0.3, 0.4) is 0 Å². The summed E-state index contributed by atoms with van der Waals surface area (Å²) in [5, 5.41) is 3.68. The van der Waals surface area contributed by atoms with Crippen molar-refractivity contribution in [2.24, 2.45) is 5.41 Å². The lowest BCUT2D eigenvalue weighted by molar-refractivity contribution is 0.157. The van der Waals surface area contributed by atoms with Crippen LogP contribution < -0.4 is 5.32 Å². The van der Waals surface area contributed by atoms with Crippen molar-refractivity contribution >= 4 is 15.9 Å². The summed E-state index contributed by atoms with van der Waals surface area (Å²) in [7, 11) is 0. The molecule has 1 aliphatic rings. The van der Waals surface area contributed by atoms with E-state index in [9.17, 15) is 4.39 Å². The Labute approximate surface area is 136 Å². The molecule has 1 saturated heterocycles. The van der Waals surface area contributed by atoms with Gasteiger partial charge in [0.25, 0.3) is 0 Å². The third kappa shape index (κ3) is 4.51. The quantitative estimate of drug-likeness (QED) is 0.854. The third-order valence-electron chi connectivity index (χ3n) is 4.41. The Morgan fingerprint density at radius 3 is 2.71 bits per heavy atom. The Morgan fingerprint density at radius 1 is 1.38 bits per heavy atom. The van der Waals surface area contributed by atoms with Gasteiger partial charge in [0.05, 0.1) is 4.47 Å². The molecule has 118 valence electrons. The van der Waals surface area contributed by atoms with E-state index < -0.39 is 0 Å². The molecule has 4 heteroatoms. The summed E-state index contributed by atoms with van der Waals surface area (Å²) < 4.78 is 13.9. The molecule has 1 aliphatic heterocycles. The highest BCUT2D eigenvalue weighted by atomic mass is 79.9. The molecule has 21 heavy (non-hydrogen) atoms. The molecule has 0 aliphatic carbocycles. The molecule has 1 aromatic carbocycles. The van der Waals surface area contributed by atoms with Crippen molar-refractivity contribution < 1.29 is 4.39 Å². The molecule has 0 spiro atoms. The zero-order chi connectivity index (χ0) is 15.6. The largest absolute Gasteiger partial charge is 0.312 e. The van der Waals surface area contributed by atoms with Crippen molar-refractivity contribution in [2.75, 3.05) is 13.1 Å². The molecule has 2 rings (SSSR count). The maximum Gasteiger partial charge on any atom is 0.137 e. The summed E-state index contributed by atoms with van der Waals surface area (Å²) in [6.07, 6.45) is 1.15. The normalized spacial score (nSPS) is 24.9. The lowest BCUT2D eigenvalue weighted by Crippen LogP contribution is -2.47. The third-order valence-corrected chi connectivity index (χ3v) is 5.02. The SMILES string of the molecule is CC1CCNC(C(C)(C)C)CN1Cc1ccc(F)c(Br)c1. The average Bonchev–Trinajstić information content (AvgIpc) is 2.56. The van der Waals surface area contributed by atoms with Crippen LogP contribution in [-0.2, 0) is 6.54 Å². The maximum absolute atomic E-state index is 13.4. The maximum atomic E-state index is 13.4. The van der Waals surface area contributed by atoms with Crippen molar-refractivity contribution in [3.05, 3.63) is 34.1 Å². The lowest BCUT2D eigenvalue weighted by atomic mass is 9.86. The van der Waals surface area contributed by atoms with Gasteiger partial charge in [-0.3, -0.25) is 4.90 Å². The van der Waals surface area contributed by atoms with Crippen LogP contribution in [0.1, 0.15) is 39.7 Å². The van der Waals surface area contributed by atoms with E-state index in [1.807, 2.05) is 12.1 Å². The number of nitrogens with zero attached hydrogens (tertiary/aromatic N) is 1. The minimum Gasteiger partial charge on any atom is -0.312 e. The molecule has 0 bridgehead atoms. The van der Waals surface area contributed by atoms with E-state index in [-0.39, 0.29) is 11.2 Å². The first-order valence-corrected chi connectivity index (χ1v) is 8.48. The molecule has 2 unspecified atom stereocenters. The predicted molar refractivity (Wildman–Crippen MR) is 89.8 cm³/mol. The van der Waals surface area contributed by atoms with Crippen LogP contribution in [0, 0.1) is 11.2 Å².